The van der Waals surface area contributed by atoms with Gasteiger partial charge in [0, 0.05) is 37.3 Å². The molecule has 0 bridgehead atoms. The molecule has 0 unspecified atom stereocenters. The molecule has 30 heavy (non-hydrogen) atoms. The average Bonchev–Trinajstić information content (AvgIpc) is 2.76. The highest BCUT2D eigenvalue weighted by Crippen LogP contribution is 2.32. The number of hydrogen-bond acceptors (Lipinski definition) is 6. The van der Waals surface area contributed by atoms with Gasteiger partial charge in [-0.25, -0.2) is 0 Å². The van der Waals surface area contributed by atoms with Crippen molar-refractivity contribution < 1.29 is 4.92 Å². The van der Waals surface area contributed by atoms with Crippen molar-refractivity contribution in [2.24, 2.45) is 0 Å². The maximum Gasteiger partial charge on any atom is 0.294 e. The summed E-state index contributed by atoms with van der Waals surface area (Å²) in [6, 6.07) is 13.7. The lowest BCUT2D eigenvalue weighted by Crippen LogP contribution is -2.47. The third kappa shape index (κ3) is 3.83. The van der Waals surface area contributed by atoms with Gasteiger partial charge in [-0.15, -0.1) is 0 Å². The second-order valence-corrected chi connectivity index (χ2v) is 7.57. The highest BCUT2D eigenvalue weighted by Gasteiger charge is 2.26. The molecule has 10 heteroatoms. The van der Waals surface area contributed by atoms with Crippen LogP contribution in [0.3, 0.4) is 0 Å². The fourth-order valence-corrected chi connectivity index (χ4v) is 3.91. The van der Waals surface area contributed by atoms with Gasteiger partial charge in [0.25, 0.3) is 11.2 Å². The van der Waals surface area contributed by atoms with E-state index >= 15 is 0 Å². The summed E-state index contributed by atoms with van der Waals surface area (Å²) in [5.74, 6) is 0. The van der Waals surface area contributed by atoms with E-state index in [2.05, 4.69) is 5.10 Å². The summed E-state index contributed by atoms with van der Waals surface area (Å²) in [6.07, 6.45) is 1.58. The van der Waals surface area contributed by atoms with E-state index < -0.39 is 10.5 Å². The topological polar surface area (TPSA) is 84.5 Å². The molecule has 0 radical (unpaired) electrons. The van der Waals surface area contributed by atoms with Crippen LogP contribution in [0.4, 0.5) is 17.1 Å². The Bertz CT molecular complexity index is 1140. The zero-order chi connectivity index (χ0) is 21.3. The third-order valence-corrected chi connectivity index (χ3v) is 5.59. The Morgan fingerprint density at radius 3 is 2.20 bits per heavy atom. The third-order valence-electron chi connectivity index (χ3n) is 5.00. The Labute approximate surface area is 182 Å². The number of piperazine rings is 1. The lowest BCUT2D eigenvalue weighted by molar-refractivity contribution is -0.384. The van der Waals surface area contributed by atoms with Crippen LogP contribution >= 0.6 is 23.2 Å². The zero-order valence-corrected chi connectivity index (χ0v) is 17.3. The largest absolute Gasteiger partial charge is 0.365 e. The maximum absolute atomic E-state index is 12.7. The van der Waals surface area contributed by atoms with Crippen molar-refractivity contribution in [1.82, 2.24) is 9.78 Å². The number of nitro groups is 1. The summed E-state index contributed by atoms with van der Waals surface area (Å²) >= 11 is 12.3. The van der Waals surface area contributed by atoms with Crippen molar-refractivity contribution in [2.45, 2.75) is 0 Å². The smallest absolute Gasteiger partial charge is 0.294 e. The van der Waals surface area contributed by atoms with Gasteiger partial charge >= 0.3 is 0 Å². The molecular weight excluding hydrogens is 429 g/mol. The number of hydrogen-bond donors (Lipinski definition) is 0. The van der Waals surface area contributed by atoms with Crippen molar-refractivity contribution in [3.63, 3.8) is 0 Å². The zero-order valence-electron chi connectivity index (χ0n) is 15.7. The standard InChI is InChI=1S/C20H17Cl2N5O3/c21-14-6-7-16(17(12-14)27(29)30)24-8-10-25(11-9-24)18-13-23-26(20(28)19(18)22)15-4-2-1-3-5-15/h1-7,12-13H,8-11H2. The van der Waals surface area contributed by atoms with E-state index in [1.807, 2.05) is 28.0 Å². The number of benzene rings is 2. The number of nitro benzene ring substituents is 1. The minimum Gasteiger partial charge on any atom is -0.365 e. The van der Waals surface area contributed by atoms with Crippen LogP contribution in [0.1, 0.15) is 0 Å². The van der Waals surface area contributed by atoms with Crippen LogP contribution in [0.5, 0.6) is 0 Å². The van der Waals surface area contributed by atoms with E-state index in [1.54, 1.807) is 30.5 Å². The fourth-order valence-electron chi connectivity index (χ4n) is 3.50. The van der Waals surface area contributed by atoms with Crippen LogP contribution in [-0.4, -0.2) is 40.9 Å². The predicted octanol–water partition coefficient (Wildman–Crippen LogP) is 3.77. The lowest BCUT2D eigenvalue weighted by atomic mass is 10.2. The number of para-hydroxylation sites is 1. The van der Waals surface area contributed by atoms with E-state index in [4.69, 9.17) is 23.2 Å². The molecule has 1 aromatic heterocycles. The van der Waals surface area contributed by atoms with Gasteiger partial charge in [-0.3, -0.25) is 14.9 Å². The first-order valence-electron chi connectivity index (χ1n) is 9.23. The molecular formula is C20H17Cl2N5O3. The van der Waals surface area contributed by atoms with E-state index in [0.717, 1.165) is 0 Å². The predicted molar refractivity (Wildman–Crippen MR) is 117 cm³/mol. The Morgan fingerprint density at radius 2 is 1.57 bits per heavy atom. The number of rotatable bonds is 4. The fraction of sp³-hybridized carbons (Fsp3) is 0.200. The first-order valence-corrected chi connectivity index (χ1v) is 9.98. The summed E-state index contributed by atoms with van der Waals surface area (Å²) < 4.78 is 1.26. The molecule has 0 amide bonds. The van der Waals surface area contributed by atoms with Gasteiger partial charge in [0.2, 0.25) is 0 Å². The SMILES string of the molecule is O=c1c(Cl)c(N2CCN(c3ccc(Cl)cc3[N+](=O)[O-])CC2)cnn1-c1ccccc1. The first kappa shape index (κ1) is 20.2. The Morgan fingerprint density at radius 1 is 0.933 bits per heavy atom. The summed E-state index contributed by atoms with van der Waals surface area (Å²) in [6.45, 7) is 2.13. The van der Waals surface area contributed by atoms with Gasteiger partial charge in [0.15, 0.2) is 0 Å². The maximum atomic E-state index is 12.7. The van der Waals surface area contributed by atoms with E-state index in [9.17, 15) is 14.9 Å². The summed E-state index contributed by atoms with van der Waals surface area (Å²) in [5, 5.41) is 16.1. The van der Waals surface area contributed by atoms with E-state index in [1.165, 1.54) is 10.7 Å². The molecule has 0 saturated carbocycles. The van der Waals surface area contributed by atoms with Crippen molar-refractivity contribution in [1.29, 1.82) is 0 Å². The van der Waals surface area contributed by atoms with Crippen molar-refractivity contribution in [3.8, 4) is 5.69 Å². The number of aromatic nitrogens is 2. The molecule has 1 saturated heterocycles. The average molecular weight is 446 g/mol. The van der Waals surface area contributed by atoms with Gasteiger partial charge in [0.05, 0.1) is 22.5 Å². The minimum atomic E-state index is -0.433. The van der Waals surface area contributed by atoms with Crippen molar-refractivity contribution in [3.05, 3.63) is 85.2 Å². The Hall–Kier alpha value is -3.10. The van der Waals surface area contributed by atoms with E-state index in [-0.39, 0.29) is 10.7 Å². The number of nitrogens with zero attached hydrogens (tertiary/aromatic N) is 5. The van der Waals surface area contributed by atoms with Gasteiger partial charge in [-0.05, 0) is 24.3 Å². The monoisotopic (exact) mass is 445 g/mol. The summed E-state index contributed by atoms with van der Waals surface area (Å²) in [5.41, 5.74) is 1.29. The van der Waals surface area contributed by atoms with E-state index in [0.29, 0.717) is 48.3 Å². The van der Waals surface area contributed by atoms with Crippen LogP contribution in [0.15, 0.2) is 59.5 Å². The minimum absolute atomic E-state index is 0.0268. The molecule has 0 aliphatic carbocycles. The molecule has 2 heterocycles. The van der Waals surface area contributed by atoms with Crippen LogP contribution < -0.4 is 15.4 Å². The second-order valence-electron chi connectivity index (χ2n) is 6.76. The van der Waals surface area contributed by atoms with Crippen LogP contribution in [0.2, 0.25) is 10.0 Å². The molecule has 1 aliphatic heterocycles. The lowest BCUT2D eigenvalue weighted by Gasteiger charge is -2.37. The molecule has 3 aromatic rings. The number of anilines is 2. The molecule has 8 nitrogen and oxygen atoms in total. The first-order chi connectivity index (χ1) is 14.5. The molecule has 0 atom stereocenters. The molecule has 154 valence electrons. The highest BCUT2D eigenvalue weighted by atomic mass is 35.5. The summed E-state index contributed by atoms with van der Waals surface area (Å²) in [4.78, 5) is 27.6. The molecule has 2 aromatic carbocycles. The quantitative estimate of drug-likeness (QED) is 0.448. The van der Waals surface area contributed by atoms with Gasteiger partial charge in [-0.1, -0.05) is 41.4 Å². The highest BCUT2D eigenvalue weighted by molar-refractivity contribution is 6.33. The number of halogens is 2. The molecule has 4 rings (SSSR count). The summed E-state index contributed by atoms with van der Waals surface area (Å²) in [7, 11) is 0. The Kier molecular flexibility index (Phi) is 5.61. The van der Waals surface area contributed by atoms with Crippen molar-refractivity contribution >= 4 is 40.3 Å². The molecule has 1 fully saturated rings. The molecule has 0 N–H and O–H groups in total. The van der Waals surface area contributed by atoms with Crippen LogP contribution in [0, 0.1) is 10.1 Å². The van der Waals surface area contributed by atoms with Gasteiger partial charge in [-0.2, -0.15) is 9.78 Å². The van der Waals surface area contributed by atoms with Gasteiger partial charge < -0.3 is 9.80 Å². The molecule has 1 aliphatic rings. The van der Waals surface area contributed by atoms with Crippen LogP contribution in [-0.2, 0) is 0 Å². The second kappa shape index (κ2) is 8.33. The normalized spacial score (nSPS) is 14.1. The Balaban J connectivity index is 1.55. The molecule has 0 spiro atoms. The van der Waals surface area contributed by atoms with Crippen LogP contribution in [0.25, 0.3) is 5.69 Å². The van der Waals surface area contributed by atoms with Crippen molar-refractivity contribution in [2.75, 3.05) is 36.0 Å². The van der Waals surface area contributed by atoms with Gasteiger partial charge in [0.1, 0.15) is 10.7 Å².